The van der Waals surface area contributed by atoms with Crippen LogP contribution < -0.4 is 10.9 Å². The van der Waals surface area contributed by atoms with Gasteiger partial charge in [0.25, 0.3) is 11.5 Å². The van der Waals surface area contributed by atoms with Crippen LogP contribution in [0.1, 0.15) is 17.0 Å². The zero-order valence-electron chi connectivity index (χ0n) is 11.0. The van der Waals surface area contributed by atoms with Crippen LogP contribution in [0.4, 0.5) is 0 Å². The number of hydrogen-bond donors (Lipinski definition) is 2. The lowest BCUT2D eigenvalue weighted by Crippen LogP contribution is -2.50. The number of para-hydroxylation sites is 1. The molecule has 2 fully saturated rings. The third-order valence-electron chi connectivity index (χ3n) is 4.03. The van der Waals surface area contributed by atoms with Crippen LogP contribution in [0, 0.1) is 0 Å². The van der Waals surface area contributed by atoms with Gasteiger partial charge in [-0.3, -0.25) is 14.4 Å². The second-order valence-corrected chi connectivity index (χ2v) is 5.35. The summed E-state index contributed by atoms with van der Waals surface area (Å²) in [6, 6.07) is 6.40. The largest absolute Gasteiger partial charge is 0.350 e. The van der Waals surface area contributed by atoms with Crippen LogP contribution in [0.5, 0.6) is 0 Å². The maximum absolute atomic E-state index is 12.5. The number of H-pyrrole nitrogens is 1. The lowest BCUT2D eigenvalue weighted by molar-refractivity contribution is -0.124. The number of nitrogens with one attached hydrogen (secondary N) is 2. The summed E-state index contributed by atoms with van der Waals surface area (Å²) in [4.78, 5) is 44.4. The van der Waals surface area contributed by atoms with Gasteiger partial charge in [0.2, 0.25) is 5.91 Å². The van der Waals surface area contributed by atoms with Gasteiger partial charge in [-0.1, -0.05) is 12.1 Å². The molecule has 21 heavy (non-hydrogen) atoms. The molecule has 2 N–H and O–H groups in total. The van der Waals surface area contributed by atoms with Crippen molar-refractivity contribution in [2.75, 3.05) is 6.54 Å². The molecule has 7 nitrogen and oxygen atoms in total. The number of aromatic amines is 1. The smallest absolute Gasteiger partial charge is 0.290 e. The van der Waals surface area contributed by atoms with E-state index in [1.165, 1.54) is 4.90 Å². The number of fused-ring (bicyclic) bond motifs is 3. The number of carbonyl (C=O) groups is 2. The Bertz CT molecular complexity index is 828. The molecule has 0 unspecified atom stereocenters. The average molecular weight is 284 g/mol. The Morgan fingerprint density at radius 3 is 2.86 bits per heavy atom. The lowest BCUT2D eigenvalue weighted by atomic mass is 10.2. The van der Waals surface area contributed by atoms with Gasteiger partial charge in [0.05, 0.1) is 10.9 Å². The molecule has 7 heteroatoms. The van der Waals surface area contributed by atoms with Crippen LogP contribution in [0.15, 0.2) is 29.1 Å². The Kier molecular flexibility index (Phi) is 2.38. The number of piperazine rings is 1. The van der Waals surface area contributed by atoms with E-state index in [1.807, 2.05) is 0 Å². The molecule has 1 aromatic carbocycles. The van der Waals surface area contributed by atoms with Gasteiger partial charge in [0.1, 0.15) is 6.04 Å². The first-order chi connectivity index (χ1) is 10.1. The van der Waals surface area contributed by atoms with Crippen molar-refractivity contribution in [2.24, 2.45) is 0 Å². The van der Waals surface area contributed by atoms with E-state index in [2.05, 4.69) is 15.3 Å². The van der Waals surface area contributed by atoms with Crippen LogP contribution in [-0.4, -0.2) is 45.3 Å². The Hall–Kier alpha value is -2.70. The summed E-state index contributed by atoms with van der Waals surface area (Å²) >= 11 is 0. The van der Waals surface area contributed by atoms with Gasteiger partial charge in [-0.25, -0.2) is 4.98 Å². The molecule has 2 aliphatic heterocycles. The van der Waals surface area contributed by atoms with Gasteiger partial charge < -0.3 is 15.2 Å². The Morgan fingerprint density at radius 2 is 2.10 bits per heavy atom. The van der Waals surface area contributed by atoms with Crippen molar-refractivity contribution in [1.29, 1.82) is 0 Å². The van der Waals surface area contributed by atoms with E-state index in [4.69, 9.17) is 0 Å². The highest BCUT2D eigenvalue weighted by molar-refractivity contribution is 5.98. The van der Waals surface area contributed by atoms with E-state index < -0.39 is 11.9 Å². The molecule has 2 amide bonds. The maximum atomic E-state index is 12.5. The van der Waals surface area contributed by atoms with E-state index in [1.54, 1.807) is 24.3 Å². The van der Waals surface area contributed by atoms with E-state index in [9.17, 15) is 14.4 Å². The molecule has 2 aliphatic rings. The van der Waals surface area contributed by atoms with Gasteiger partial charge in [-0.15, -0.1) is 0 Å². The zero-order valence-corrected chi connectivity index (χ0v) is 11.0. The molecule has 3 heterocycles. The minimum absolute atomic E-state index is 0.0126. The fourth-order valence-corrected chi connectivity index (χ4v) is 3.03. The molecule has 0 aliphatic carbocycles. The third kappa shape index (κ3) is 1.74. The van der Waals surface area contributed by atoms with Crippen molar-refractivity contribution in [1.82, 2.24) is 20.2 Å². The highest BCUT2D eigenvalue weighted by atomic mass is 16.2. The molecule has 2 atom stereocenters. The van der Waals surface area contributed by atoms with Gasteiger partial charge in [-0.05, 0) is 18.6 Å². The summed E-state index contributed by atoms with van der Waals surface area (Å²) < 4.78 is 0. The summed E-state index contributed by atoms with van der Waals surface area (Å²) in [5.41, 5.74) is 0.121. The van der Waals surface area contributed by atoms with Crippen molar-refractivity contribution in [3.8, 4) is 0 Å². The predicted molar refractivity (Wildman–Crippen MR) is 73.7 cm³/mol. The van der Waals surface area contributed by atoms with Crippen LogP contribution in [-0.2, 0) is 4.79 Å². The molecule has 2 aromatic rings. The van der Waals surface area contributed by atoms with Crippen molar-refractivity contribution in [3.05, 3.63) is 40.4 Å². The van der Waals surface area contributed by atoms with Crippen molar-refractivity contribution in [3.63, 3.8) is 0 Å². The first-order valence-electron chi connectivity index (χ1n) is 6.74. The van der Waals surface area contributed by atoms with Crippen LogP contribution >= 0.6 is 0 Å². The summed E-state index contributed by atoms with van der Waals surface area (Å²) in [5, 5.41) is 3.25. The lowest BCUT2D eigenvalue weighted by Gasteiger charge is -2.25. The number of hydrogen-bond acceptors (Lipinski definition) is 4. The van der Waals surface area contributed by atoms with E-state index in [0.29, 0.717) is 23.9 Å². The number of nitrogens with zero attached hydrogens (tertiary/aromatic N) is 2. The Balaban J connectivity index is 1.75. The number of aromatic nitrogens is 2. The van der Waals surface area contributed by atoms with Gasteiger partial charge in [0, 0.05) is 12.6 Å². The number of carbonyl (C=O) groups excluding carboxylic acids is 2. The van der Waals surface area contributed by atoms with Crippen molar-refractivity contribution in [2.45, 2.75) is 18.5 Å². The molecule has 0 saturated carbocycles. The molecule has 2 bridgehead atoms. The number of amides is 2. The van der Waals surface area contributed by atoms with E-state index in [-0.39, 0.29) is 23.3 Å². The van der Waals surface area contributed by atoms with E-state index in [0.717, 1.165) is 0 Å². The van der Waals surface area contributed by atoms with Crippen LogP contribution in [0.25, 0.3) is 10.9 Å². The quantitative estimate of drug-likeness (QED) is 0.747. The summed E-state index contributed by atoms with van der Waals surface area (Å²) in [6.45, 7) is 0.464. The minimum Gasteiger partial charge on any atom is -0.350 e. The molecule has 0 radical (unpaired) electrons. The summed E-state index contributed by atoms with van der Waals surface area (Å²) in [7, 11) is 0. The molecule has 0 spiro atoms. The molecule has 1 aromatic heterocycles. The maximum Gasteiger partial charge on any atom is 0.290 e. The fraction of sp³-hybridized carbons (Fsp3) is 0.286. The molecular formula is C14H12N4O3. The van der Waals surface area contributed by atoms with Gasteiger partial charge in [-0.2, -0.15) is 0 Å². The number of rotatable bonds is 1. The second-order valence-electron chi connectivity index (χ2n) is 5.35. The highest BCUT2D eigenvalue weighted by Crippen LogP contribution is 2.25. The standard InChI is InChI=1S/C14H12N4O3/c19-12-8-3-1-2-4-9(8)16-11(17-12)14(21)18-6-7-5-10(18)13(20)15-7/h1-4,7,10H,5-6H2,(H,15,20)(H,16,17,19)/t7-,10-/m0/s1. The number of benzene rings is 1. The second kappa shape index (κ2) is 4.15. The monoisotopic (exact) mass is 284 g/mol. The molecule has 106 valence electrons. The topological polar surface area (TPSA) is 95.2 Å². The Morgan fingerprint density at radius 1 is 1.29 bits per heavy atom. The fourth-order valence-electron chi connectivity index (χ4n) is 3.03. The predicted octanol–water partition coefficient (Wildman–Crippen LogP) is -0.364. The zero-order chi connectivity index (χ0) is 14.6. The summed E-state index contributed by atoms with van der Waals surface area (Å²) in [5.74, 6) is -0.554. The van der Waals surface area contributed by atoms with Gasteiger partial charge in [0.15, 0.2) is 5.82 Å². The molecular weight excluding hydrogens is 272 g/mol. The Labute approximate surface area is 119 Å². The normalized spacial score (nSPS) is 23.6. The van der Waals surface area contributed by atoms with Gasteiger partial charge >= 0.3 is 0 Å². The average Bonchev–Trinajstić information content (AvgIpc) is 3.05. The van der Waals surface area contributed by atoms with Crippen molar-refractivity contribution >= 4 is 22.7 Å². The first kappa shape index (κ1) is 12.1. The molecule has 4 rings (SSSR count). The highest BCUT2D eigenvalue weighted by Gasteiger charge is 2.46. The van der Waals surface area contributed by atoms with Crippen LogP contribution in [0.3, 0.4) is 0 Å². The number of likely N-dealkylation sites (tertiary alicyclic amines) is 1. The van der Waals surface area contributed by atoms with Crippen LogP contribution in [0.2, 0.25) is 0 Å². The summed E-state index contributed by atoms with van der Waals surface area (Å²) in [6.07, 6.45) is 0.627. The molecule has 2 saturated heterocycles. The third-order valence-corrected chi connectivity index (χ3v) is 4.03. The first-order valence-corrected chi connectivity index (χ1v) is 6.74. The SMILES string of the molecule is O=C1N[C@H]2C[C@@H]1N(C(=O)c1nc3ccccc3c(=O)[nH]1)C2. The van der Waals surface area contributed by atoms with Crippen molar-refractivity contribution < 1.29 is 9.59 Å². The minimum atomic E-state index is -0.445. The van der Waals surface area contributed by atoms with E-state index >= 15 is 0 Å².